The molecule has 0 atom stereocenters. The Bertz CT molecular complexity index is 2390. The van der Waals surface area contributed by atoms with Crippen LogP contribution in [0.25, 0.3) is 22.3 Å². The fraction of sp³-hybridized carbons (Fsp3) is 0. The van der Waals surface area contributed by atoms with Crippen LogP contribution in [0, 0.1) is 21.4 Å². The molecule has 0 spiro atoms. The number of hydrogen-bond acceptors (Lipinski definition) is 0. The SMILES string of the molecule is c1ccc([Si](c2ccccc2)(c2ccccc2)c2ccc(I3c4ccccc4-c4cc(I5c6ccccc6-c6ccccc65)ccc43)cc2)cc1. The first-order valence-corrected chi connectivity index (χ1v) is 25.9. The van der Waals surface area contributed by atoms with Gasteiger partial charge in [0.2, 0.25) is 0 Å². The fourth-order valence-electron chi connectivity index (χ4n) is 8.10. The molecule has 0 N–H and O–H groups in total. The van der Waals surface area contributed by atoms with E-state index in [0.717, 1.165) is 0 Å². The molecular formula is C48H34I2Si. The van der Waals surface area contributed by atoms with Crippen LogP contribution in [0.5, 0.6) is 0 Å². The van der Waals surface area contributed by atoms with Gasteiger partial charge in [-0.1, -0.05) is 0 Å². The Balaban J connectivity index is 1.11. The third-order valence-corrected chi connectivity index (χ3v) is 27.4. The van der Waals surface area contributed by atoms with Gasteiger partial charge in [0, 0.05) is 0 Å². The van der Waals surface area contributed by atoms with Crippen LogP contribution in [0.15, 0.2) is 206 Å². The topological polar surface area (TPSA) is 0 Å². The van der Waals surface area contributed by atoms with Crippen LogP contribution in [-0.4, -0.2) is 8.07 Å². The summed E-state index contributed by atoms with van der Waals surface area (Å²) in [7, 11) is -2.56. The second-order valence-electron chi connectivity index (χ2n) is 13.0. The predicted octanol–water partition coefficient (Wildman–Crippen LogP) is 9.86. The van der Waals surface area contributed by atoms with E-state index >= 15 is 0 Å². The van der Waals surface area contributed by atoms with Crippen molar-refractivity contribution in [1.29, 1.82) is 0 Å². The number of fused-ring (bicyclic) bond motifs is 6. The van der Waals surface area contributed by atoms with E-state index in [-0.39, 0.29) is 0 Å². The van der Waals surface area contributed by atoms with E-state index in [1.807, 2.05) is 0 Å². The molecule has 0 unspecified atom stereocenters. The van der Waals surface area contributed by atoms with Gasteiger partial charge in [0.05, 0.1) is 0 Å². The van der Waals surface area contributed by atoms with Gasteiger partial charge < -0.3 is 0 Å². The Labute approximate surface area is 315 Å². The van der Waals surface area contributed by atoms with Crippen LogP contribution in [-0.2, 0) is 0 Å². The Morgan fingerprint density at radius 3 is 1.06 bits per heavy atom. The molecule has 0 saturated carbocycles. The monoisotopic (exact) mass is 892 g/mol. The average molecular weight is 893 g/mol. The first-order valence-electron chi connectivity index (χ1n) is 17.4. The van der Waals surface area contributed by atoms with Crippen molar-refractivity contribution in [2.24, 2.45) is 0 Å². The molecule has 2 aliphatic heterocycles. The number of hydrogen-bond donors (Lipinski definition) is 0. The van der Waals surface area contributed by atoms with Crippen LogP contribution in [0.2, 0.25) is 0 Å². The summed E-state index contributed by atoms with van der Waals surface area (Å²) in [6.07, 6.45) is 0. The number of halogens is 2. The van der Waals surface area contributed by atoms with Gasteiger partial charge in [-0.25, -0.2) is 0 Å². The number of rotatable bonds is 6. The van der Waals surface area contributed by atoms with E-state index in [1.165, 1.54) is 46.6 Å². The summed E-state index contributed by atoms with van der Waals surface area (Å²) in [5.74, 6) is 0. The summed E-state index contributed by atoms with van der Waals surface area (Å²) in [5, 5.41) is 5.67. The first-order chi connectivity index (χ1) is 25.3. The van der Waals surface area contributed by atoms with Crippen molar-refractivity contribution in [1.82, 2.24) is 0 Å². The summed E-state index contributed by atoms with van der Waals surface area (Å²) >= 11 is -3.73. The molecule has 0 fully saturated rings. The average Bonchev–Trinajstić information content (AvgIpc) is 3.72. The Morgan fingerprint density at radius 1 is 0.255 bits per heavy atom. The molecule has 51 heavy (non-hydrogen) atoms. The molecule has 0 amide bonds. The van der Waals surface area contributed by atoms with E-state index in [1.54, 1.807) is 17.9 Å². The van der Waals surface area contributed by atoms with Crippen LogP contribution in [0.4, 0.5) is 0 Å². The Morgan fingerprint density at radius 2 is 0.588 bits per heavy atom. The molecule has 244 valence electrons. The number of benzene rings is 8. The van der Waals surface area contributed by atoms with Crippen molar-refractivity contribution in [2.75, 3.05) is 0 Å². The van der Waals surface area contributed by atoms with Crippen molar-refractivity contribution >= 4 is 68.5 Å². The molecule has 2 heterocycles. The van der Waals surface area contributed by atoms with Gasteiger partial charge in [-0.3, -0.25) is 0 Å². The van der Waals surface area contributed by atoms with Crippen LogP contribution in [0.1, 0.15) is 0 Å². The third-order valence-electron chi connectivity index (χ3n) is 10.3. The maximum absolute atomic E-state index is 2.60. The third kappa shape index (κ3) is 4.96. The zero-order chi connectivity index (χ0) is 33.8. The quantitative estimate of drug-likeness (QED) is 0.0887. The summed E-state index contributed by atoms with van der Waals surface area (Å²) in [6, 6.07) is 78.9. The Hall–Kier alpha value is -4.56. The molecule has 0 aromatic heterocycles. The molecular weight excluding hydrogens is 858 g/mol. The van der Waals surface area contributed by atoms with Crippen LogP contribution in [0.3, 0.4) is 0 Å². The van der Waals surface area contributed by atoms with Crippen molar-refractivity contribution in [3.8, 4) is 22.3 Å². The molecule has 0 nitrogen and oxygen atoms in total. The van der Waals surface area contributed by atoms with E-state index in [9.17, 15) is 0 Å². The second-order valence-corrected chi connectivity index (χ2v) is 27.2. The zero-order valence-electron chi connectivity index (χ0n) is 27.9. The standard InChI is InChI=1S/C48H34I2Si/c1-4-16-37(17-5-1)51(38-18-6-2-7-19-38,39-20-8-3-9-21-39)40-31-28-35(29-32-40)49-47-27-15-12-24-43(47)44-34-36(30-33-48(44)49)50-45-25-13-10-22-41(45)42-23-11-14-26-46(42)50/h1-34H. The van der Waals surface area contributed by atoms with Gasteiger partial charge >= 0.3 is 318 Å². The minimum atomic E-state index is -2.56. The molecule has 8 aromatic carbocycles. The fourth-order valence-corrected chi connectivity index (χ4v) is 25.4. The van der Waals surface area contributed by atoms with Gasteiger partial charge in [0.25, 0.3) is 0 Å². The van der Waals surface area contributed by atoms with Crippen molar-refractivity contribution in [3.05, 3.63) is 228 Å². The van der Waals surface area contributed by atoms with Crippen LogP contribution < -0.4 is 20.7 Å². The molecule has 10 rings (SSSR count). The van der Waals surface area contributed by atoms with E-state index < -0.39 is 47.7 Å². The van der Waals surface area contributed by atoms with E-state index in [4.69, 9.17) is 0 Å². The van der Waals surface area contributed by atoms with Crippen molar-refractivity contribution in [2.45, 2.75) is 0 Å². The summed E-state index contributed by atoms with van der Waals surface area (Å²) < 4.78 is 9.34. The van der Waals surface area contributed by atoms with Gasteiger partial charge in [-0.05, 0) is 0 Å². The second kappa shape index (κ2) is 12.9. The summed E-state index contributed by atoms with van der Waals surface area (Å²) in [4.78, 5) is 0. The van der Waals surface area contributed by atoms with Gasteiger partial charge in [-0.2, -0.15) is 0 Å². The molecule has 2 aliphatic rings. The molecule has 8 aromatic rings. The van der Waals surface area contributed by atoms with E-state index in [2.05, 4.69) is 206 Å². The predicted molar refractivity (Wildman–Crippen MR) is 234 cm³/mol. The van der Waals surface area contributed by atoms with Crippen molar-refractivity contribution < 1.29 is 0 Å². The summed E-state index contributed by atoms with van der Waals surface area (Å²) in [5.41, 5.74) is 5.79. The minimum absolute atomic E-state index is 1.41. The zero-order valence-corrected chi connectivity index (χ0v) is 33.2. The van der Waals surface area contributed by atoms with Gasteiger partial charge in [0.15, 0.2) is 0 Å². The molecule has 0 saturated heterocycles. The molecule has 0 radical (unpaired) electrons. The van der Waals surface area contributed by atoms with Crippen LogP contribution >= 0.6 is 39.6 Å². The Kier molecular flexibility index (Phi) is 7.88. The normalized spacial score (nSPS) is 14.0. The van der Waals surface area contributed by atoms with Gasteiger partial charge in [0.1, 0.15) is 0 Å². The molecule has 3 heteroatoms. The molecule has 0 bridgehead atoms. The first kappa shape index (κ1) is 31.2. The van der Waals surface area contributed by atoms with Crippen molar-refractivity contribution in [3.63, 3.8) is 0 Å². The molecule has 0 aliphatic carbocycles. The summed E-state index contributed by atoms with van der Waals surface area (Å²) in [6.45, 7) is 0. The maximum atomic E-state index is 2.60. The van der Waals surface area contributed by atoms with E-state index in [0.29, 0.717) is 0 Å². The van der Waals surface area contributed by atoms with Gasteiger partial charge in [-0.15, -0.1) is 0 Å².